The number of piperazine rings is 1. The molecule has 2 aromatic rings. The van der Waals surface area contributed by atoms with E-state index in [0.29, 0.717) is 5.65 Å². The minimum atomic E-state index is -1.01. The van der Waals surface area contributed by atoms with Crippen molar-refractivity contribution in [3.63, 3.8) is 0 Å². The maximum absolute atomic E-state index is 11.2. The molecule has 100 valence electrons. The fourth-order valence-corrected chi connectivity index (χ4v) is 2.29. The van der Waals surface area contributed by atoms with Crippen LogP contribution in [0, 0.1) is 6.92 Å². The van der Waals surface area contributed by atoms with Gasteiger partial charge in [-0.1, -0.05) is 0 Å². The predicted molar refractivity (Wildman–Crippen MR) is 69.8 cm³/mol. The Balaban J connectivity index is 2.17. The van der Waals surface area contributed by atoms with Crippen LogP contribution in [0.15, 0.2) is 12.3 Å². The van der Waals surface area contributed by atoms with Gasteiger partial charge in [-0.15, -0.1) is 0 Å². The third-order valence-electron chi connectivity index (χ3n) is 3.29. The SMILES string of the molecule is Cc1cnn2c(N3CCNCC3)cc(C(=O)O)nc12. The highest BCUT2D eigenvalue weighted by molar-refractivity contribution is 5.87. The second kappa shape index (κ2) is 4.51. The quantitative estimate of drug-likeness (QED) is 0.800. The van der Waals surface area contributed by atoms with Gasteiger partial charge in [-0.2, -0.15) is 9.61 Å². The van der Waals surface area contributed by atoms with Crippen molar-refractivity contribution in [2.24, 2.45) is 0 Å². The van der Waals surface area contributed by atoms with Gasteiger partial charge in [-0.3, -0.25) is 0 Å². The molecule has 1 saturated heterocycles. The fraction of sp³-hybridized carbons (Fsp3) is 0.417. The molecule has 7 nitrogen and oxygen atoms in total. The number of fused-ring (bicyclic) bond motifs is 1. The summed E-state index contributed by atoms with van der Waals surface area (Å²) >= 11 is 0. The van der Waals surface area contributed by atoms with E-state index in [-0.39, 0.29) is 5.69 Å². The maximum Gasteiger partial charge on any atom is 0.354 e. The van der Waals surface area contributed by atoms with Crippen molar-refractivity contribution in [1.29, 1.82) is 0 Å². The molecule has 0 radical (unpaired) electrons. The van der Waals surface area contributed by atoms with Crippen molar-refractivity contribution in [2.75, 3.05) is 31.1 Å². The zero-order valence-corrected chi connectivity index (χ0v) is 10.6. The van der Waals surface area contributed by atoms with Gasteiger partial charge in [0.05, 0.1) is 6.20 Å². The molecule has 0 amide bonds. The van der Waals surface area contributed by atoms with Crippen LogP contribution in [0.3, 0.4) is 0 Å². The van der Waals surface area contributed by atoms with Crippen molar-refractivity contribution >= 4 is 17.4 Å². The number of aromatic nitrogens is 3. The summed E-state index contributed by atoms with van der Waals surface area (Å²) in [5, 5.41) is 16.7. The van der Waals surface area contributed by atoms with E-state index in [1.807, 2.05) is 6.92 Å². The number of aromatic carboxylic acids is 1. The van der Waals surface area contributed by atoms with Crippen molar-refractivity contribution in [3.05, 3.63) is 23.5 Å². The van der Waals surface area contributed by atoms with E-state index >= 15 is 0 Å². The Bertz CT molecular complexity index is 630. The Morgan fingerprint density at radius 3 is 2.84 bits per heavy atom. The van der Waals surface area contributed by atoms with Crippen LogP contribution >= 0.6 is 0 Å². The van der Waals surface area contributed by atoms with Gasteiger partial charge in [0.1, 0.15) is 5.82 Å². The molecule has 2 aromatic heterocycles. The molecule has 1 fully saturated rings. The molecule has 3 heterocycles. The molecular weight excluding hydrogens is 246 g/mol. The van der Waals surface area contributed by atoms with Gasteiger partial charge < -0.3 is 15.3 Å². The lowest BCUT2D eigenvalue weighted by Crippen LogP contribution is -2.44. The molecule has 7 heteroatoms. The average Bonchev–Trinajstić information content (AvgIpc) is 2.80. The lowest BCUT2D eigenvalue weighted by Gasteiger charge is -2.29. The van der Waals surface area contributed by atoms with Crippen LogP contribution in [0.4, 0.5) is 5.82 Å². The van der Waals surface area contributed by atoms with Crippen LogP contribution in [-0.2, 0) is 0 Å². The highest BCUT2D eigenvalue weighted by atomic mass is 16.4. The smallest absolute Gasteiger partial charge is 0.354 e. The molecule has 1 aliphatic rings. The second-order valence-corrected chi connectivity index (χ2v) is 4.60. The molecule has 0 saturated carbocycles. The minimum absolute atomic E-state index is 0.0598. The maximum atomic E-state index is 11.2. The summed E-state index contributed by atoms with van der Waals surface area (Å²) in [7, 11) is 0. The van der Waals surface area contributed by atoms with Crippen LogP contribution in [-0.4, -0.2) is 51.9 Å². The summed E-state index contributed by atoms with van der Waals surface area (Å²) in [6.07, 6.45) is 1.71. The van der Waals surface area contributed by atoms with Gasteiger partial charge in [0.15, 0.2) is 11.3 Å². The van der Waals surface area contributed by atoms with Crippen molar-refractivity contribution in [1.82, 2.24) is 19.9 Å². The van der Waals surface area contributed by atoms with Gasteiger partial charge in [-0.05, 0) is 6.92 Å². The summed E-state index contributed by atoms with van der Waals surface area (Å²) < 4.78 is 1.72. The van der Waals surface area contributed by atoms with Crippen LogP contribution in [0.2, 0.25) is 0 Å². The van der Waals surface area contributed by atoms with E-state index in [0.717, 1.165) is 37.6 Å². The first-order valence-corrected chi connectivity index (χ1v) is 6.21. The lowest BCUT2D eigenvalue weighted by molar-refractivity contribution is 0.0690. The molecule has 0 atom stereocenters. The standard InChI is InChI=1S/C12H15N5O2/c1-8-7-14-17-10(16-4-2-13-3-5-16)6-9(12(18)19)15-11(8)17/h6-7,13H,2-5H2,1H3,(H,18,19). The predicted octanol–water partition coefficient (Wildman–Crippen LogP) is 0.146. The number of nitrogens with zero attached hydrogens (tertiary/aromatic N) is 4. The van der Waals surface area contributed by atoms with Crippen LogP contribution in [0.1, 0.15) is 16.1 Å². The normalized spacial score (nSPS) is 15.9. The highest BCUT2D eigenvalue weighted by Crippen LogP contribution is 2.19. The van der Waals surface area contributed by atoms with E-state index in [4.69, 9.17) is 0 Å². The molecule has 3 rings (SSSR count). The van der Waals surface area contributed by atoms with E-state index < -0.39 is 5.97 Å². The Morgan fingerprint density at radius 1 is 1.42 bits per heavy atom. The first-order chi connectivity index (χ1) is 9.16. The molecule has 0 bridgehead atoms. The zero-order valence-electron chi connectivity index (χ0n) is 10.6. The number of hydrogen-bond donors (Lipinski definition) is 2. The average molecular weight is 261 g/mol. The van der Waals surface area contributed by atoms with Gasteiger partial charge in [0.2, 0.25) is 0 Å². The number of aryl methyl sites for hydroxylation is 1. The highest BCUT2D eigenvalue weighted by Gasteiger charge is 2.19. The summed E-state index contributed by atoms with van der Waals surface area (Å²) in [4.78, 5) is 17.5. The summed E-state index contributed by atoms with van der Waals surface area (Å²) in [5.41, 5.74) is 1.54. The van der Waals surface area contributed by atoms with Gasteiger partial charge in [-0.25, -0.2) is 9.78 Å². The number of carboxylic acid groups (broad SMARTS) is 1. The van der Waals surface area contributed by atoms with Crippen LogP contribution < -0.4 is 10.2 Å². The summed E-state index contributed by atoms with van der Waals surface area (Å²) in [6.45, 7) is 5.30. The topological polar surface area (TPSA) is 82.8 Å². The Kier molecular flexibility index (Phi) is 2.83. The summed E-state index contributed by atoms with van der Waals surface area (Å²) in [6, 6.07) is 1.59. The third kappa shape index (κ3) is 2.01. The molecule has 0 aromatic carbocycles. The van der Waals surface area contributed by atoms with Crippen LogP contribution in [0.5, 0.6) is 0 Å². The second-order valence-electron chi connectivity index (χ2n) is 4.60. The molecule has 1 aliphatic heterocycles. The Labute approximate surface area is 109 Å². The largest absolute Gasteiger partial charge is 0.477 e. The third-order valence-corrected chi connectivity index (χ3v) is 3.29. The lowest BCUT2D eigenvalue weighted by atomic mass is 10.3. The first-order valence-electron chi connectivity index (χ1n) is 6.21. The Morgan fingerprint density at radius 2 is 2.16 bits per heavy atom. The van der Waals surface area contributed by atoms with Gasteiger partial charge in [0.25, 0.3) is 0 Å². The number of hydrogen-bond acceptors (Lipinski definition) is 5. The van der Waals surface area contributed by atoms with Crippen molar-refractivity contribution in [3.8, 4) is 0 Å². The van der Waals surface area contributed by atoms with E-state index in [2.05, 4.69) is 20.3 Å². The van der Waals surface area contributed by atoms with Gasteiger partial charge in [0, 0.05) is 37.8 Å². The number of carboxylic acids is 1. The molecule has 0 unspecified atom stereocenters. The number of nitrogens with one attached hydrogen (secondary N) is 1. The van der Waals surface area contributed by atoms with Gasteiger partial charge >= 0.3 is 5.97 Å². The molecular formula is C12H15N5O2. The first kappa shape index (κ1) is 11.9. The number of carbonyl (C=O) groups is 1. The zero-order chi connectivity index (χ0) is 13.4. The molecule has 0 aliphatic carbocycles. The molecule has 19 heavy (non-hydrogen) atoms. The number of anilines is 1. The summed E-state index contributed by atoms with van der Waals surface area (Å²) in [5.74, 6) is -0.225. The van der Waals surface area contributed by atoms with Crippen molar-refractivity contribution < 1.29 is 9.90 Å². The van der Waals surface area contributed by atoms with Crippen LogP contribution in [0.25, 0.3) is 5.65 Å². The van der Waals surface area contributed by atoms with Crippen molar-refractivity contribution in [2.45, 2.75) is 6.92 Å². The fourth-order valence-electron chi connectivity index (χ4n) is 2.29. The molecule has 2 N–H and O–H groups in total. The molecule has 0 spiro atoms. The van der Waals surface area contributed by atoms with E-state index in [1.165, 1.54) is 0 Å². The van der Waals surface area contributed by atoms with E-state index in [1.54, 1.807) is 16.8 Å². The minimum Gasteiger partial charge on any atom is -0.477 e. The number of rotatable bonds is 2. The monoisotopic (exact) mass is 261 g/mol. The van der Waals surface area contributed by atoms with E-state index in [9.17, 15) is 9.90 Å². The Hall–Kier alpha value is -2.15.